The van der Waals surface area contributed by atoms with Crippen molar-refractivity contribution < 1.29 is 19.2 Å². The van der Waals surface area contributed by atoms with Crippen LogP contribution in [0.3, 0.4) is 0 Å². The number of aromatic nitrogens is 2. The third-order valence-corrected chi connectivity index (χ3v) is 3.01. The van der Waals surface area contributed by atoms with E-state index in [1.54, 1.807) is 0 Å². The molecule has 1 heterocycles. The quantitative estimate of drug-likeness (QED) is 0.595. The Kier molecular flexibility index (Phi) is 5.30. The number of carboxylic acids is 1. The third kappa shape index (κ3) is 4.18. The van der Waals surface area contributed by atoms with E-state index in [-0.39, 0.29) is 12.0 Å². The summed E-state index contributed by atoms with van der Waals surface area (Å²) < 4.78 is 10.7. The van der Waals surface area contributed by atoms with Crippen LogP contribution >= 0.6 is 0 Å². The minimum absolute atomic E-state index is 0.0204. The first-order chi connectivity index (χ1) is 10.6. The third-order valence-electron chi connectivity index (χ3n) is 3.01. The molecule has 1 N–H and O–H groups in total. The van der Waals surface area contributed by atoms with Crippen molar-refractivity contribution in [2.24, 2.45) is 0 Å². The van der Waals surface area contributed by atoms with Crippen molar-refractivity contribution in [2.75, 3.05) is 6.61 Å². The van der Waals surface area contributed by atoms with Crippen LogP contribution < -0.4 is 4.74 Å². The fourth-order valence-electron chi connectivity index (χ4n) is 1.74. The molecule has 0 amide bonds. The van der Waals surface area contributed by atoms with Gasteiger partial charge in [-0.1, -0.05) is 25.1 Å². The molecule has 0 bridgehead atoms. The van der Waals surface area contributed by atoms with Crippen LogP contribution in [0.5, 0.6) is 5.75 Å². The number of ether oxygens (including phenoxy) is 1. The van der Waals surface area contributed by atoms with Crippen molar-refractivity contribution in [3.05, 3.63) is 42.2 Å². The molecule has 6 nitrogen and oxygen atoms in total. The smallest absolute Gasteiger partial charge is 0.331 e. The molecule has 0 unspecified atom stereocenters. The average Bonchev–Trinajstić information content (AvgIpc) is 2.96. The summed E-state index contributed by atoms with van der Waals surface area (Å²) in [7, 11) is 0. The molecule has 0 aliphatic rings. The predicted octanol–water partition coefficient (Wildman–Crippen LogP) is 3.10. The van der Waals surface area contributed by atoms with E-state index in [0.717, 1.165) is 24.2 Å². The van der Waals surface area contributed by atoms with E-state index in [2.05, 4.69) is 23.6 Å². The van der Waals surface area contributed by atoms with Crippen molar-refractivity contribution >= 4 is 5.97 Å². The fraction of sp³-hybridized carbons (Fsp3) is 0.312. The van der Waals surface area contributed by atoms with Crippen LogP contribution in [0.25, 0.3) is 11.5 Å². The number of nitrogens with zero attached hydrogens (tertiary/aromatic N) is 2. The molecular formula is C16H18N2O4. The molecule has 2 aromatic rings. The van der Waals surface area contributed by atoms with E-state index in [1.807, 2.05) is 24.3 Å². The molecule has 1 aromatic carbocycles. The maximum Gasteiger partial charge on any atom is 0.331 e. The van der Waals surface area contributed by atoms with Crippen LogP contribution in [-0.2, 0) is 11.2 Å². The van der Waals surface area contributed by atoms with Crippen molar-refractivity contribution in [3.63, 3.8) is 0 Å². The first-order valence-corrected chi connectivity index (χ1v) is 7.07. The lowest BCUT2D eigenvalue weighted by molar-refractivity contribution is -0.132. The SMILES string of the molecule is C=C(Cc1noc(-c2ccc(OCCCC)cc2)n1)C(=O)O. The second-order valence-corrected chi connectivity index (χ2v) is 4.83. The number of hydrogen-bond acceptors (Lipinski definition) is 5. The Labute approximate surface area is 128 Å². The van der Waals surface area contributed by atoms with E-state index >= 15 is 0 Å². The van der Waals surface area contributed by atoms with Gasteiger partial charge in [0.2, 0.25) is 0 Å². The van der Waals surface area contributed by atoms with Crippen LogP contribution in [0.4, 0.5) is 0 Å². The van der Waals surface area contributed by atoms with E-state index in [0.29, 0.717) is 18.3 Å². The summed E-state index contributed by atoms with van der Waals surface area (Å²) in [6.45, 7) is 6.24. The number of benzene rings is 1. The van der Waals surface area contributed by atoms with Gasteiger partial charge in [-0.2, -0.15) is 4.98 Å². The second-order valence-electron chi connectivity index (χ2n) is 4.83. The highest BCUT2D eigenvalue weighted by Crippen LogP contribution is 2.21. The summed E-state index contributed by atoms with van der Waals surface area (Å²) in [5, 5.41) is 12.5. The van der Waals surface area contributed by atoms with E-state index < -0.39 is 5.97 Å². The number of unbranched alkanes of at least 4 members (excludes halogenated alkanes) is 1. The zero-order chi connectivity index (χ0) is 15.9. The second kappa shape index (κ2) is 7.40. The van der Waals surface area contributed by atoms with Gasteiger partial charge in [-0.3, -0.25) is 0 Å². The van der Waals surface area contributed by atoms with E-state index in [1.165, 1.54) is 0 Å². The standard InChI is InChI=1S/C16H18N2O4/c1-3-4-9-21-13-7-5-12(6-8-13)15-17-14(18-22-15)10-11(2)16(19)20/h5-8H,2-4,9-10H2,1H3,(H,19,20). The minimum atomic E-state index is -1.07. The van der Waals surface area contributed by atoms with Gasteiger partial charge in [0.1, 0.15) is 5.75 Å². The summed E-state index contributed by atoms with van der Waals surface area (Å²) in [6.07, 6.45) is 2.16. The summed E-state index contributed by atoms with van der Waals surface area (Å²) in [4.78, 5) is 14.9. The van der Waals surface area contributed by atoms with Gasteiger partial charge in [-0.25, -0.2) is 4.79 Å². The Morgan fingerprint density at radius 2 is 2.09 bits per heavy atom. The average molecular weight is 302 g/mol. The summed E-state index contributed by atoms with van der Waals surface area (Å²) in [5.41, 5.74) is 0.773. The molecule has 0 radical (unpaired) electrons. The highest BCUT2D eigenvalue weighted by Gasteiger charge is 2.12. The Hall–Kier alpha value is -2.63. The zero-order valence-corrected chi connectivity index (χ0v) is 12.4. The van der Waals surface area contributed by atoms with Gasteiger partial charge in [-0.15, -0.1) is 0 Å². The molecule has 0 saturated heterocycles. The van der Waals surface area contributed by atoms with Crippen molar-refractivity contribution in [3.8, 4) is 17.2 Å². The molecular weight excluding hydrogens is 284 g/mol. The largest absolute Gasteiger partial charge is 0.494 e. The summed E-state index contributed by atoms with van der Waals surface area (Å²) >= 11 is 0. The molecule has 0 spiro atoms. The highest BCUT2D eigenvalue weighted by atomic mass is 16.5. The molecule has 6 heteroatoms. The van der Waals surface area contributed by atoms with Gasteiger partial charge < -0.3 is 14.4 Å². The molecule has 0 atom stereocenters. The lowest BCUT2D eigenvalue weighted by Gasteiger charge is -2.04. The van der Waals surface area contributed by atoms with Crippen LogP contribution in [0.2, 0.25) is 0 Å². The van der Waals surface area contributed by atoms with Crippen molar-refractivity contribution in [2.45, 2.75) is 26.2 Å². The first kappa shape index (κ1) is 15.8. The fourth-order valence-corrected chi connectivity index (χ4v) is 1.74. The monoisotopic (exact) mass is 302 g/mol. The molecule has 0 saturated carbocycles. The topological polar surface area (TPSA) is 85.5 Å². The van der Waals surface area contributed by atoms with Crippen LogP contribution in [0, 0.1) is 0 Å². The Morgan fingerprint density at radius 3 is 2.73 bits per heavy atom. The van der Waals surface area contributed by atoms with Gasteiger partial charge in [0.15, 0.2) is 5.82 Å². The highest BCUT2D eigenvalue weighted by molar-refractivity contribution is 5.86. The zero-order valence-electron chi connectivity index (χ0n) is 12.4. The molecule has 0 aliphatic heterocycles. The summed E-state index contributed by atoms with van der Waals surface area (Å²) in [6, 6.07) is 7.32. The molecule has 0 fully saturated rings. The normalized spacial score (nSPS) is 10.4. The number of aliphatic carboxylic acids is 1. The molecule has 1 aromatic heterocycles. The summed E-state index contributed by atoms with van der Waals surface area (Å²) in [5.74, 6) is 0.357. The Balaban J connectivity index is 2.01. The van der Waals surface area contributed by atoms with E-state index in [9.17, 15) is 4.79 Å². The molecule has 0 aliphatic carbocycles. The van der Waals surface area contributed by atoms with Gasteiger partial charge >= 0.3 is 5.97 Å². The van der Waals surface area contributed by atoms with Gasteiger partial charge in [0.25, 0.3) is 5.89 Å². The number of rotatable bonds is 8. The van der Waals surface area contributed by atoms with Crippen molar-refractivity contribution in [1.82, 2.24) is 10.1 Å². The maximum absolute atomic E-state index is 10.7. The maximum atomic E-state index is 10.7. The van der Waals surface area contributed by atoms with Crippen LogP contribution in [0.15, 0.2) is 40.9 Å². The Bertz CT molecular complexity index is 646. The lowest BCUT2D eigenvalue weighted by Crippen LogP contribution is -2.03. The van der Waals surface area contributed by atoms with Gasteiger partial charge in [0.05, 0.1) is 6.61 Å². The van der Waals surface area contributed by atoms with E-state index in [4.69, 9.17) is 14.4 Å². The molecule has 116 valence electrons. The van der Waals surface area contributed by atoms with Crippen LogP contribution in [0.1, 0.15) is 25.6 Å². The number of carbonyl (C=O) groups is 1. The minimum Gasteiger partial charge on any atom is -0.494 e. The van der Waals surface area contributed by atoms with Gasteiger partial charge in [0, 0.05) is 17.6 Å². The first-order valence-electron chi connectivity index (χ1n) is 7.07. The lowest BCUT2D eigenvalue weighted by atomic mass is 10.2. The predicted molar refractivity (Wildman–Crippen MR) is 80.6 cm³/mol. The van der Waals surface area contributed by atoms with Gasteiger partial charge in [-0.05, 0) is 30.7 Å². The number of carboxylic acid groups (broad SMARTS) is 1. The van der Waals surface area contributed by atoms with Crippen LogP contribution in [-0.4, -0.2) is 27.8 Å². The van der Waals surface area contributed by atoms with Crippen molar-refractivity contribution in [1.29, 1.82) is 0 Å². The molecule has 2 rings (SSSR count). The Morgan fingerprint density at radius 1 is 1.36 bits per heavy atom. The molecule has 22 heavy (non-hydrogen) atoms. The number of hydrogen-bond donors (Lipinski definition) is 1.